The minimum atomic E-state index is -3.19. The Morgan fingerprint density at radius 2 is 1.81 bits per heavy atom. The van der Waals surface area contributed by atoms with Gasteiger partial charge in [0.1, 0.15) is 12.4 Å². The Hall–Kier alpha value is -2.34. The number of amides is 1. The van der Waals surface area contributed by atoms with Gasteiger partial charge in [0, 0.05) is 11.8 Å². The zero-order valence-corrected chi connectivity index (χ0v) is 12.3. The van der Waals surface area contributed by atoms with Crippen LogP contribution in [0.1, 0.15) is 15.9 Å². The number of benzene rings is 2. The maximum atomic E-state index is 11.3. The van der Waals surface area contributed by atoms with Crippen LogP contribution in [0.2, 0.25) is 0 Å². The molecule has 0 aliphatic heterocycles. The summed E-state index contributed by atoms with van der Waals surface area (Å²) in [6.07, 6.45) is 1.16. The van der Waals surface area contributed by atoms with E-state index in [0.717, 1.165) is 11.8 Å². The minimum Gasteiger partial charge on any atom is -0.489 e. The van der Waals surface area contributed by atoms with Crippen molar-refractivity contribution in [2.45, 2.75) is 11.5 Å². The van der Waals surface area contributed by atoms with Crippen molar-refractivity contribution in [2.24, 2.45) is 5.73 Å². The van der Waals surface area contributed by atoms with Gasteiger partial charge >= 0.3 is 0 Å². The van der Waals surface area contributed by atoms with E-state index in [1.54, 1.807) is 36.4 Å². The smallest absolute Gasteiger partial charge is 0.248 e. The molecule has 0 saturated carbocycles. The predicted molar refractivity (Wildman–Crippen MR) is 78.8 cm³/mol. The number of primary amides is 1. The van der Waals surface area contributed by atoms with Gasteiger partial charge in [-0.25, -0.2) is 8.42 Å². The fourth-order valence-electron chi connectivity index (χ4n) is 1.74. The Balaban J connectivity index is 2.06. The number of carbonyl (C=O) groups is 1. The molecule has 0 atom stereocenters. The molecule has 21 heavy (non-hydrogen) atoms. The van der Waals surface area contributed by atoms with Crippen molar-refractivity contribution in [3.05, 3.63) is 59.7 Å². The molecule has 1 amide bonds. The summed E-state index contributed by atoms with van der Waals surface area (Å²) in [5.41, 5.74) is 6.40. The number of hydrogen-bond acceptors (Lipinski definition) is 4. The molecule has 0 unspecified atom stereocenters. The SMILES string of the molecule is CS(=O)(=O)c1ccc(COc2cccc(C(N)=O)c2)cc1. The van der Waals surface area contributed by atoms with Crippen LogP contribution in [0.25, 0.3) is 0 Å². The number of nitrogens with two attached hydrogens (primary N) is 1. The van der Waals surface area contributed by atoms with E-state index < -0.39 is 15.7 Å². The van der Waals surface area contributed by atoms with Gasteiger partial charge in [0.25, 0.3) is 0 Å². The molecule has 0 aromatic heterocycles. The molecule has 2 rings (SSSR count). The van der Waals surface area contributed by atoms with E-state index >= 15 is 0 Å². The van der Waals surface area contributed by atoms with E-state index in [1.165, 1.54) is 12.1 Å². The van der Waals surface area contributed by atoms with Crippen LogP contribution in [0.5, 0.6) is 5.75 Å². The summed E-state index contributed by atoms with van der Waals surface area (Å²) < 4.78 is 28.3. The molecule has 0 heterocycles. The van der Waals surface area contributed by atoms with E-state index in [-0.39, 0.29) is 11.5 Å². The largest absolute Gasteiger partial charge is 0.489 e. The van der Waals surface area contributed by atoms with Gasteiger partial charge < -0.3 is 10.5 Å². The average Bonchev–Trinajstić information content (AvgIpc) is 2.45. The highest BCUT2D eigenvalue weighted by Crippen LogP contribution is 2.16. The van der Waals surface area contributed by atoms with E-state index in [9.17, 15) is 13.2 Å². The zero-order valence-electron chi connectivity index (χ0n) is 11.4. The van der Waals surface area contributed by atoms with Crippen LogP contribution in [0, 0.1) is 0 Å². The summed E-state index contributed by atoms with van der Waals surface area (Å²) in [7, 11) is -3.19. The molecule has 0 aliphatic carbocycles. The molecule has 0 fully saturated rings. The molecule has 5 nitrogen and oxygen atoms in total. The number of hydrogen-bond donors (Lipinski definition) is 1. The molecule has 2 aromatic rings. The first-order valence-electron chi connectivity index (χ1n) is 6.18. The highest BCUT2D eigenvalue weighted by Gasteiger charge is 2.06. The van der Waals surface area contributed by atoms with Gasteiger partial charge in [-0.1, -0.05) is 18.2 Å². The first-order valence-corrected chi connectivity index (χ1v) is 8.07. The van der Waals surface area contributed by atoms with Gasteiger partial charge in [0.15, 0.2) is 9.84 Å². The van der Waals surface area contributed by atoms with Crippen LogP contribution in [0.15, 0.2) is 53.4 Å². The van der Waals surface area contributed by atoms with Crippen LogP contribution >= 0.6 is 0 Å². The molecule has 6 heteroatoms. The number of carbonyl (C=O) groups excluding carboxylic acids is 1. The van der Waals surface area contributed by atoms with Crippen LogP contribution in [0.4, 0.5) is 0 Å². The van der Waals surface area contributed by atoms with Crippen molar-refractivity contribution in [2.75, 3.05) is 6.26 Å². The third kappa shape index (κ3) is 4.06. The van der Waals surface area contributed by atoms with Gasteiger partial charge in [0.2, 0.25) is 5.91 Å². The molecule has 0 bridgehead atoms. The fourth-order valence-corrected chi connectivity index (χ4v) is 2.37. The third-order valence-corrected chi connectivity index (χ3v) is 4.00. The molecular formula is C15H15NO4S. The summed E-state index contributed by atoms with van der Waals surface area (Å²) >= 11 is 0. The lowest BCUT2D eigenvalue weighted by molar-refractivity contribution is 0.1000. The van der Waals surface area contributed by atoms with Crippen LogP contribution in [0.3, 0.4) is 0 Å². The summed E-state index contributed by atoms with van der Waals surface area (Å²) in [6.45, 7) is 0.270. The Morgan fingerprint density at radius 1 is 1.14 bits per heavy atom. The molecule has 0 aliphatic rings. The second kappa shape index (κ2) is 5.97. The van der Waals surface area contributed by atoms with Gasteiger partial charge in [0.05, 0.1) is 4.90 Å². The van der Waals surface area contributed by atoms with Crippen LogP contribution in [-0.2, 0) is 16.4 Å². The van der Waals surface area contributed by atoms with E-state index in [4.69, 9.17) is 10.5 Å². The second-order valence-electron chi connectivity index (χ2n) is 4.60. The summed E-state index contributed by atoms with van der Waals surface area (Å²) in [5, 5.41) is 0. The highest BCUT2D eigenvalue weighted by atomic mass is 32.2. The van der Waals surface area contributed by atoms with Crippen molar-refractivity contribution in [1.82, 2.24) is 0 Å². The molecule has 2 N–H and O–H groups in total. The fraction of sp³-hybridized carbons (Fsp3) is 0.133. The summed E-state index contributed by atoms with van der Waals surface area (Å²) in [6, 6.07) is 13.0. The van der Waals surface area contributed by atoms with Gasteiger partial charge in [-0.15, -0.1) is 0 Å². The molecule has 0 radical (unpaired) electrons. The first-order chi connectivity index (χ1) is 9.86. The van der Waals surface area contributed by atoms with E-state index in [1.807, 2.05) is 0 Å². The maximum absolute atomic E-state index is 11.3. The van der Waals surface area contributed by atoms with Crippen molar-refractivity contribution in [1.29, 1.82) is 0 Å². The lowest BCUT2D eigenvalue weighted by atomic mass is 10.2. The van der Waals surface area contributed by atoms with E-state index in [2.05, 4.69) is 0 Å². The van der Waals surface area contributed by atoms with Gasteiger partial charge in [-0.2, -0.15) is 0 Å². The van der Waals surface area contributed by atoms with Gasteiger partial charge in [-0.3, -0.25) is 4.79 Å². The maximum Gasteiger partial charge on any atom is 0.248 e. The Kier molecular flexibility index (Phi) is 4.28. The van der Waals surface area contributed by atoms with Crippen molar-refractivity contribution in [3.63, 3.8) is 0 Å². The average molecular weight is 305 g/mol. The van der Waals surface area contributed by atoms with Crippen LogP contribution < -0.4 is 10.5 Å². The lowest BCUT2D eigenvalue weighted by Crippen LogP contribution is -2.10. The van der Waals surface area contributed by atoms with Crippen molar-refractivity contribution < 1.29 is 17.9 Å². The minimum absolute atomic E-state index is 0.266. The number of ether oxygens (including phenoxy) is 1. The van der Waals surface area contributed by atoms with Crippen LogP contribution in [-0.4, -0.2) is 20.6 Å². The lowest BCUT2D eigenvalue weighted by Gasteiger charge is -2.07. The Labute approximate surface area is 123 Å². The monoisotopic (exact) mass is 305 g/mol. The molecule has 2 aromatic carbocycles. The van der Waals surface area contributed by atoms with E-state index in [0.29, 0.717) is 11.3 Å². The predicted octanol–water partition coefficient (Wildman–Crippen LogP) is 1.77. The quantitative estimate of drug-likeness (QED) is 0.912. The molecular weight excluding hydrogens is 290 g/mol. The van der Waals surface area contributed by atoms with Crippen molar-refractivity contribution >= 4 is 15.7 Å². The molecule has 110 valence electrons. The summed E-state index contributed by atoms with van der Waals surface area (Å²) in [4.78, 5) is 11.3. The topological polar surface area (TPSA) is 86.5 Å². The standard InChI is InChI=1S/C15H15NO4S/c1-21(18,19)14-7-5-11(6-8-14)10-20-13-4-2-3-12(9-13)15(16)17/h2-9H,10H2,1H3,(H2,16,17). The number of rotatable bonds is 5. The molecule has 0 spiro atoms. The van der Waals surface area contributed by atoms with Crippen molar-refractivity contribution in [3.8, 4) is 5.75 Å². The molecule has 0 saturated heterocycles. The highest BCUT2D eigenvalue weighted by molar-refractivity contribution is 7.90. The second-order valence-corrected chi connectivity index (χ2v) is 6.61. The normalized spacial score (nSPS) is 11.1. The van der Waals surface area contributed by atoms with Gasteiger partial charge in [-0.05, 0) is 35.9 Å². The number of sulfone groups is 1. The third-order valence-electron chi connectivity index (χ3n) is 2.88. The zero-order chi connectivity index (χ0) is 15.5. The Bertz CT molecular complexity index is 751. The summed E-state index contributed by atoms with van der Waals surface area (Å²) in [5.74, 6) is 0.0106. The Morgan fingerprint density at radius 3 is 2.38 bits per heavy atom. The first kappa shape index (κ1) is 15.1.